The first kappa shape index (κ1) is 10.1. The fraction of sp³-hybridized carbons (Fsp3) is 0.900. The summed E-state index contributed by atoms with van der Waals surface area (Å²) in [6.45, 7) is 8.82. The van der Waals surface area contributed by atoms with E-state index in [1.807, 2.05) is 11.8 Å². The molecule has 2 aliphatic heterocycles. The van der Waals surface area contributed by atoms with Crippen molar-refractivity contribution < 1.29 is 0 Å². The van der Waals surface area contributed by atoms with Gasteiger partial charge in [-0.25, -0.2) is 0 Å². The van der Waals surface area contributed by atoms with Crippen molar-refractivity contribution in [2.75, 3.05) is 37.7 Å². The number of aliphatic imine (C=N–C) groups is 1. The van der Waals surface area contributed by atoms with Crippen molar-refractivity contribution in [1.29, 1.82) is 0 Å². The highest BCUT2D eigenvalue weighted by Crippen LogP contribution is 2.18. The number of nitrogens with one attached hydrogen (secondary N) is 1. The molecule has 1 saturated heterocycles. The third kappa shape index (κ3) is 2.35. The Morgan fingerprint density at radius 3 is 2.64 bits per heavy atom. The highest BCUT2D eigenvalue weighted by atomic mass is 32.2. The quantitative estimate of drug-likeness (QED) is 0.651. The lowest BCUT2D eigenvalue weighted by molar-refractivity contribution is 0.333. The van der Waals surface area contributed by atoms with Crippen molar-refractivity contribution in [2.24, 2.45) is 10.4 Å². The molecule has 14 heavy (non-hydrogen) atoms. The number of hydrogen-bond acceptors (Lipinski definition) is 4. The van der Waals surface area contributed by atoms with Crippen LogP contribution in [0.5, 0.6) is 0 Å². The summed E-state index contributed by atoms with van der Waals surface area (Å²) in [6.07, 6.45) is 0. The molecular formula is C10H19N3S. The molecule has 0 aromatic carbocycles. The summed E-state index contributed by atoms with van der Waals surface area (Å²) in [7, 11) is 0. The molecule has 0 aromatic heterocycles. The molecule has 0 aromatic rings. The maximum atomic E-state index is 4.63. The van der Waals surface area contributed by atoms with Gasteiger partial charge < -0.3 is 10.2 Å². The van der Waals surface area contributed by atoms with Crippen LogP contribution in [0.4, 0.5) is 0 Å². The van der Waals surface area contributed by atoms with Gasteiger partial charge in [0.2, 0.25) is 0 Å². The molecule has 4 heteroatoms. The van der Waals surface area contributed by atoms with E-state index < -0.39 is 0 Å². The Labute approximate surface area is 90.3 Å². The normalized spacial score (nSPS) is 26.7. The van der Waals surface area contributed by atoms with Crippen LogP contribution in [0.1, 0.15) is 13.8 Å². The van der Waals surface area contributed by atoms with Crippen LogP contribution >= 0.6 is 11.8 Å². The van der Waals surface area contributed by atoms with Crippen molar-refractivity contribution >= 4 is 17.7 Å². The fourth-order valence-corrected chi connectivity index (χ4v) is 2.61. The SMILES string of the molecule is CC1(C)CN=C(N2CCSCC2)NC1. The van der Waals surface area contributed by atoms with Crippen LogP contribution in [0.2, 0.25) is 0 Å². The summed E-state index contributed by atoms with van der Waals surface area (Å²) >= 11 is 2.04. The van der Waals surface area contributed by atoms with E-state index in [0.717, 1.165) is 32.1 Å². The van der Waals surface area contributed by atoms with E-state index >= 15 is 0 Å². The van der Waals surface area contributed by atoms with E-state index in [4.69, 9.17) is 0 Å². The average molecular weight is 213 g/mol. The van der Waals surface area contributed by atoms with E-state index in [9.17, 15) is 0 Å². The lowest BCUT2D eigenvalue weighted by Gasteiger charge is -2.36. The third-order valence-electron chi connectivity index (χ3n) is 2.69. The lowest BCUT2D eigenvalue weighted by Crippen LogP contribution is -2.51. The molecule has 0 aliphatic carbocycles. The minimum Gasteiger partial charge on any atom is -0.356 e. The van der Waals surface area contributed by atoms with Crippen LogP contribution in [0.25, 0.3) is 0 Å². The molecule has 2 aliphatic rings. The molecule has 1 fully saturated rings. The monoisotopic (exact) mass is 213 g/mol. The second-order valence-corrected chi connectivity index (χ2v) is 5.98. The summed E-state index contributed by atoms with van der Waals surface area (Å²) in [6, 6.07) is 0. The van der Waals surface area contributed by atoms with Gasteiger partial charge in [0.25, 0.3) is 0 Å². The Morgan fingerprint density at radius 1 is 1.36 bits per heavy atom. The lowest BCUT2D eigenvalue weighted by atomic mass is 9.93. The van der Waals surface area contributed by atoms with E-state index in [-0.39, 0.29) is 0 Å². The van der Waals surface area contributed by atoms with E-state index in [1.54, 1.807) is 0 Å². The third-order valence-corrected chi connectivity index (χ3v) is 3.64. The van der Waals surface area contributed by atoms with E-state index in [1.165, 1.54) is 11.5 Å². The van der Waals surface area contributed by atoms with Gasteiger partial charge in [-0.2, -0.15) is 11.8 Å². The van der Waals surface area contributed by atoms with Gasteiger partial charge in [0.05, 0.1) is 0 Å². The first-order valence-electron chi connectivity index (χ1n) is 5.28. The van der Waals surface area contributed by atoms with Crippen molar-refractivity contribution in [3.8, 4) is 0 Å². The molecule has 80 valence electrons. The first-order chi connectivity index (χ1) is 6.67. The molecule has 0 unspecified atom stereocenters. The zero-order valence-corrected chi connectivity index (χ0v) is 9.86. The van der Waals surface area contributed by atoms with E-state index in [2.05, 4.69) is 29.1 Å². The summed E-state index contributed by atoms with van der Waals surface area (Å²) in [4.78, 5) is 7.01. The smallest absolute Gasteiger partial charge is 0.194 e. The van der Waals surface area contributed by atoms with Crippen LogP contribution in [0, 0.1) is 5.41 Å². The number of guanidine groups is 1. The van der Waals surface area contributed by atoms with Crippen LogP contribution in [-0.4, -0.2) is 48.5 Å². The van der Waals surface area contributed by atoms with Gasteiger partial charge in [-0.1, -0.05) is 13.8 Å². The average Bonchev–Trinajstić information content (AvgIpc) is 2.19. The van der Waals surface area contributed by atoms with E-state index in [0.29, 0.717) is 5.41 Å². The minimum absolute atomic E-state index is 0.327. The molecule has 0 spiro atoms. The van der Waals surface area contributed by atoms with Crippen LogP contribution < -0.4 is 5.32 Å². The van der Waals surface area contributed by atoms with Gasteiger partial charge in [0.1, 0.15) is 0 Å². The Morgan fingerprint density at radius 2 is 2.07 bits per heavy atom. The molecule has 0 atom stereocenters. The number of nitrogens with zero attached hydrogens (tertiary/aromatic N) is 2. The van der Waals surface area contributed by atoms with Crippen molar-refractivity contribution in [3.05, 3.63) is 0 Å². The standard InChI is InChI=1S/C10H19N3S/c1-10(2)7-11-9(12-8-10)13-3-5-14-6-4-13/h3-8H2,1-2H3,(H,11,12). The Kier molecular flexibility index (Phi) is 2.91. The summed E-state index contributed by atoms with van der Waals surface area (Å²) in [5.74, 6) is 3.61. The van der Waals surface area contributed by atoms with Crippen LogP contribution in [-0.2, 0) is 0 Å². The first-order valence-corrected chi connectivity index (χ1v) is 6.44. The van der Waals surface area contributed by atoms with Crippen LogP contribution in [0.15, 0.2) is 4.99 Å². The zero-order valence-electron chi connectivity index (χ0n) is 9.05. The molecular weight excluding hydrogens is 194 g/mol. The minimum atomic E-state index is 0.327. The molecule has 0 saturated carbocycles. The molecule has 1 N–H and O–H groups in total. The molecule has 2 rings (SSSR count). The van der Waals surface area contributed by atoms with Crippen molar-refractivity contribution in [3.63, 3.8) is 0 Å². The molecule has 0 amide bonds. The van der Waals surface area contributed by atoms with Crippen molar-refractivity contribution in [2.45, 2.75) is 13.8 Å². The second-order valence-electron chi connectivity index (χ2n) is 4.76. The topological polar surface area (TPSA) is 27.6 Å². The van der Waals surface area contributed by atoms with Gasteiger partial charge in [-0.15, -0.1) is 0 Å². The van der Waals surface area contributed by atoms with Gasteiger partial charge in [-0.3, -0.25) is 4.99 Å². The fourth-order valence-electron chi connectivity index (χ4n) is 1.71. The molecule has 2 heterocycles. The zero-order chi connectivity index (χ0) is 10.0. The van der Waals surface area contributed by atoms with Gasteiger partial charge in [0.15, 0.2) is 5.96 Å². The second kappa shape index (κ2) is 4.01. The number of hydrogen-bond donors (Lipinski definition) is 1. The van der Waals surface area contributed by atoms with Crippen molar-refractivity contribution in [1.82, 2.24) is 10.2 Å². The largest absolute Gasteiger partial charge is 0.356 e. The molecule has 0 radical (unpaired) electrons. The predicted molar refractivity (Wildman–Crippen MR) is 63.0 cm³/mol. The number of thioether (sulfide) groups is 1. The van der Waals surface area contributed by atoms with Gasteiger partial charge in [-0.05, 0) is 0 Å². The Hall–Kier alpha value is -0.380. The Bertz CT molecular complexity index is 232. The van der Waals surface area contributed by atoms with Crippen LogP contribution in [0.3, 0.4) is 0 Å². The van der Waals surface area contributed by atoms with Gasteiger partial charge >= 0.3 is 0 Å². The Balaban J connectivity index is 1.95. The molecule has 3 nitrogen and oxygen atoms in total. The maximum Gasteiger partial charge on any atom is 0.194 e. The summed E-state index contributed by atoms with van der Waals surface area (Å²) in [5, 5.41) is 3.45. The highest BCUT2D eigenvalue weighted by molar-refractivity contribution is 7.99. The maximum absolute atomic E-state index is 4.63. The predicted octanol–water partition coefficient (Wildman–Crippen LogP) is 1.02. The molecule has 0 bridgehead atoms. The highest BCUT2D eigenvalue weighted by Gasteiger charge is 2.25. The summed E-state index contributed by atoms with van der Waals surface area (Å²) < 4.78 is 0. The van der Waals surface area contributed by atoms with Gasteiger partial charge in [0, 0.05) is 43.1 Å². The number of rotatable bonds is 0. The summed E-state index contributed by atoms with van der Waals surface area (Å²) in [5.41, 5.74) is 0.327.